The van der Waals surface area contributed by atoms with Crippen molar-refractivity contribution in [2.75, 3.05) is 13.6 Å². The first-order chi connectivity index (χ1) is 12.9. The van der Waals surface area contributed by atoms with Gasteiger partial charge in [-0.15, -0.1) is 0 Å². The number of nitrogens with zero attached hydrogens (tertiary/aromatic N) is 3. The molecule has 1 aromatic heterocycles. The van der Waals surface area contributed by atoms with Crippen LogP contribution in [0.15, 0.2) is 42.6 Å². The van der Waals surface area contributed by atoms with Crippen LogP contribution in [0.2, 0.25) is 0 Å². The van der Waals surface area contributed by atoms with Gasteiger partial charge in [0.2, 0.25) is 11.8 Å². The first-order valence-corrected chi connectivity index (χ1v) is 9.11. The zero-order valence-corrected chi connectivity index (χ0v) is 15.7. The molecule has 5 nitrogen and oxygen atoms in total. The average Bonchev–Trinajstić information content (AvgIpc) is 2.65. The Bertz CT molecular complexity index is 840. The lowest BCUT2D eigenvalue weighted by Crippen LogP contribution is -2.45. The topological polar surface area (TPSA) is 53.5 Å². The van der Waals surface area contributed by atoms with Gasteiger partial charge in [-0.05, 0) is 42.7 Å². The predicted octanol–water partition coefficient (Wildman–Crippen LogP) is 2.93. The molecule has 0 aliphatic carbocycles. The van der Waals surface area contributed by atoms with Crippen LogP contribution < -0.4 is 0 Å². The Morgan fingerprint density at radius 1 is 1.33 bits per heavy atom. The quantitative estimate of drug-likeness (QED) is 0.814. The van der Waals surface area contributed by atoms with Gasteiger partial charge in [-0.2, -0.15) is 0 Å². The number of hydrogen-bond donors (Lipinski definition) is 0. The highest BCUT2D eigenvalue weighted by atomic mass is 19.1. The van der Waals surface area contributed by atoms with Gasteiger partial charge in [-0.3, -0.25) is 14.6 Å². The zero-order chi connectivity index (χ0) is 19.4. The van der Waals surface area contributed by atoms with E-state index in [-0.39, 0.29) is 23.5 Å². The van der Waals surface area contributed by atoms with Crippen molar-refractivity contribution in [1.29, 1.82) is 0 Å². The molecule has 6 heteroatoms. The number of likely N-dealkylation sites (tertiary alicyclic amines) is 1. The van der Waals surface area contributed by atoms with Crippen molar-refractivity contribution >= 4 is 11.8 Å². The van der Waals surface area contributed by atoms with Crippen LogP contribution >= 0.6 is 0 Å². The third-order valence-corrected chi connectivity index (χ3v) is 4.99. The molecule has 1 saturated heterocycles. The normalized spacial score (nSPS) is 17.1. The van der Waals surface area contributed by atoms with E-state index in [4.69, 9.17) is 0 Å². The second kappa shape index (κ2) is 8.29. The summed E-state index contributed by atoms with van der Waals surface area (Å²) < 4.78 is 13.4. The van der Waals surface area contributed by atoms with E-state index in [2.05, 4.69) is 4.98 Å². The summed E-state index contributed by atoms with van der Waals surface area (Å²) in [6.45, 7) is 3.10. The first kappa shape index (κ1) is 19.0. The van der Waals surface area contributed by atoms with Gasteiger partial charge in [0, 0.05) is 32.8 Å². The third-order valence-electron chi connectivity index (χ3n) is 4.99. The first-order valence-electron chi connectivity index (χ1n) is 9.11. The van der Waals surface area contributed by atoms with Crippen LogP contribution in [0.5, 0.6) is 0 Å². The summed E-state index contributed by atoms with van der Waals surface area (Å²) in [5, 5.41) is 0. The van der Waals surface area contributed by atoms with Crippen LogP contribution in [0.4, 0.5) is 4.39 Å². The fourth-order valence-corrected chi connectivity index (χ4v) is 3.42. The predicted molar refractivity (Wildman–Crippen MR) is 100.0 cm³/mol. The van der Waals surface area contributed by atoms with E-state index in [9.17, 15) is 14.0 Å². The Morgan fingerprint density at radius 2 is 2.15 bits per heavy atom. The van der Waals surface area contributed by atoms with Crippen LogP contribution in [0.3, 0.4) is 0 Å². The van der Waals surface area contributed by atoms with Crippen molar-refractivity contribution in [3.63, 3.8) is 0 Å². The number of halogens is 1. The number of pyridine rings is 1. The maximum absolute atomic E-state index is 13.4. The molecule has 2 heterocycles. The Morgan fingerprint density at radius 3 is 2.89 bits per heavy atom. The summed E-state index contributed by atoms with van der Waals surface area (Å²) in [7, 11) is 1.77. The summed E-state index contributed by atoms with van der Waals surface area (Å²) in [5.74, 6) is -0.552. The number of hydrogen-bond acceptors (Lipinski definition) is 3. The molecule has 2 aromatic rings. The number of aryl methyl sites for hydroxylation is 1. The molecule has 0 bridgehead atoms. The molecule has 0 spiro atoms. The molecule has 1 atom stereocenters. The van der Waals surface area contributed by atoms with E-state index in [1.54, 1.807) is 35.2 Å². The van der Waals surface area contributed by atoms with Gasteiger partial charge in [0.1, 0.15) is 5.82 Å². The van der Waals surface area contributed by atoms with Crippen molar-refractivity contribution in [2.24, 2.45) is 5.92 Å². The van der Waals surface area contributed by atoms with Gasteiger partial charge in [0.15, 0.2) is 0 Å². The summed E-state index contributed by atoms with van der Waals surface area (Å²) in [6, 6.07) is 10.1. The van der Waals surface area contributed by atoms with E-state index in [0.717, 1.165) is 16.8 Å². The number of benzene rings is 1. The molecule has 2 amide bonds. The minimum Gasteiger partial charge on any atom is -0.340 e. The summed E-state index contributed by atoms with van der Waals surface area (Å²) >= 11 is 0. The summed E-state index contributed by atoms with van der Waals surface area (Å²) in [5.41, 5.74) is 2.65. The minimum atomic E-state index is -0.324. The molecular formula is C21H24FN3O2. The van der Waals surface area contributed by atoms with Gasteiger partial charge >= 0.3 is 0 Å². The smallest absolute Gasteiger partial charge is 0.227 e. The largest absolute Gasteiger partial charge is 0.340 e. The summed E-state index contributed by atoms with van der Waals surface area (Å²) in [6.07, 6.45) is 2.60. The number of piperidine rings is 1. The lowest BCUT2D eigenvalue weighted by molar-refractivity contribution is -0.143. The van der Waals surface area contributed by atoms with Gasteiger partial charge in [-0.1, -0.05) is 18.2 Å². The number of aromatic nitrogens is 1. The molecule has 1 fully saturated rings. The van der Waals surface area contributed by atoms with Crippen LogP contribution in [0.1, 0.15) is 29.7 Å². The third kappa shape index (κ3) is 4.70. The number of amides is 2. The van der Waals surface area contributed by atoms with Crippen molar-refractivity contribution < 1.29 is 14.0 Å². The maximum Gasteiger partial charge on any atom is 0.227 e. The zero-order valence-electron chi connectivity index (χ0n) is 15.7. The SMILES string of the molecule is Cc1cccnc1CN(C)C(=O)[C@H]1CCC(=O)N(Cc2cccc(F)c2)C1. The lowest BCUT2D eigenvalue weighted by atomic mass is 9.95. The minimum absolute atomic E-state index is 0.00605. The van der Waals surface area contributed by atoms with Crippen molar-refractivity contribution in [3.05, 3.63) is 65.2 Å². The van der Waals surface area contributed by atoms with E-state index in [0.29, 0.717) is 32.5 Å². The van der Waals surface area contributed by atoms with Gasteiger partial charge in [0.05, 0.1) is 18.2 Å². The van der Waals surface area contributed by atoms with Gasteiger partial charge in [0.25, 0.3) is 0 Å². The van der Waals surface area contributed by atoms with E-state index >= 15 is 0 Å². The second-order valence-electron chi connectivity index (χ2n) is 7.10. The maximum atomic E-state index is 13.4. The number of rotatable bonds is 5. The monoisotopic (exact) mass is 369 g/mol. The Balaban J connectivity index is 1.64. The molecule has 0 radical (unpaired) electrons. The number of carbonyl (C=O) groups excluding carboxylic acids is 2. The molecule has 0 unspecified atom stereocenters. The molecule has 0 N–H and O–H groups in total. The fraction of sp³-hybridized carbons (Fsp3) is 0.381. The van der Waals surface area contributed by atoms with Gasteiger partial charge < -0.3 is 9.80 Å². The Labute approximate surface area is 158 Å². The lowest BCUT2D eigenvalue weighted by Gasteiger charge is -2.34. The second-order valence-corrected chi connectivity index (χ2v) is 7.10. The molecule has 142 valence electrons. The van der Waals surface area contributed by atoms with Crippen molar-refractivity contribution in [2.45, 2.75) is 32.9 Å². The van der Waals surface area contributed by atoms with Crippen LogP contribution in [-0.4, -0.2) is 40.2 Å². The Kier molecular flexibility index (Phi) is 5.84. The van der Waals surface area contributed by atoms with E-state index in [1.807, 2.05) is 19.1 Å². The highest BCUT2D eigenvalue weighted by Gasteiger charge is 2.32. The molecular weight excluding hydrogens is 345 g/mol. The molecule has 3 rings (SSSR count). The Hall–Kier alpha value is -2.76. The van der Waals surface area contributed by atoms with Crippen LogP contribution in [0.25, 0.3) is 0 Å². The molecule has 1 aliphatic rings. The van der Waals surface area contributed by atoms with Crippen LogP contribution in [-0.2, 0) is 22.7 Å². The van der Waals surface area contributed by atoms with Crippen LogP contribution in [0, 0.1) is 18.7 Å². The standard InChI is InChI=1S/C21H24FN3O2/c1-15-5-4-10-23-19(15)14-24(2)21(27)17-8-9-20(26)25(13-17)12-16-6-3-7-18(22)11-16/h3-7,10-11,17H,8-9,12-14H2,1-2H3/t17-/m0/s1. The average molecular weight is 369 g/mol. The summed E-state index contributed by atoms with van der Waals surface area (Å²) in [4.78, 5) is 32.8. The molecule has 1 aliphatic heterocycles. The highest BCUT2D eigenvalue weighted by Crippen LogP contribution is 2.22. The molecule has 1 aromatic carbocycles. The fourth-order valence-electron chi connectivity index (χ4n) is 3.42. The van der Waals surface area contributed by atoms with E-state index < -0.39 is 0 Å². The number of carbonyl (C=O) groups is 2. The van der Waals surface area contributed by atoms with Gasteiger partial charge in [-0.25, -0.2) is 4.39 Å². The molecule has 0 saturated carbocycles. The molecule has 27 heavy (non-hydrogen) atoms. The van der Waals surface area contributed by atoms with Crippen molar-refractivity contribution in [3.8, 4) is 0 Å². The van der Waals surface area contributed by atoms with Crippen molar-refractivity contribution in [1.82, 2.24) is 14.8 Å². The van der Waals surface area contributed by atoms with E-state index in [1.165, 1.54) is 12.1 Å². The highest BCUT2D eigenvalue weighted by molar-refractivity contribution is 5.83.